The van der Waals surface area contributed by atoms with Gasteiger partial charge in [-0.15, -0.1) is 0 Å². The third kappa shape index (κ3) is 2.30. The Kier molecular flexibility index (Phi) is 3.14. The number of rotatable bonds is 3. The predicted octanol–water partition coefficient (Wildman–Crippen LogP) is 2.56. The molecule has 17 heavy (non-hydrogen) atoms. The summed E-state index contributed by atoms with van der Waals surface area (Å²) in [7, 11) is 0. The number of carbonyl (C=O) groups excluding carboxylic acids is 1. The van der Waals surface area contributed by atoms with Gasteiger partial charge in [0, 0.05) is 5.69 Å². The highest BCUT2D eigenvalue weighted by atomic mass is 16.5. The first kappa shape index (κ1) is 11.3. The Morgan fingerprint density at radius 2 is 2.06 bits per heavy atom. The van der Waals surface area contributed by atoms with Crippen molar-refractivity contribution in [2.24, 2.45) is 0 Å². The summed E-state index contributed by atoms with van der Waals surface area (Å²) >= 11 is 0. The summed E-state index contributed by atoms with van der Waals surface area (Å²) < 4.78 is 4.84. The van der Waals surface area contributed by atoms with E-state index in [-0.39, 0.29) is 18.1 Å². The number of esters is 1. The van der Waals surface area contributed by atoms with Crippen LogP contribution in [-0.2, 0) is 4.74 Å². The van der Waals surface area contributed by atoms with Gasteiger partial charge in [-0.3, -0.25) is 0 Å². The molecule has 0 amide bonds. The molecule has 4 heteroatoms. The number of H-pyrrole nitrogens is 1. The van der Waals surface area contributed by atoms with Crippen LogP contribution in [0.5, 0.6) is 5.88 Å². The smallest absolute Gasteiger partial charge is 0.343 e. The maximum atomic E-state index is 11.5. The van der Waals surface area contributed by atoms with Crippen molar-refractivity contribution in [3.8, 4) is 17.1 Å². The Morgan fingerprint density at radius 3 is 2.71 bits per heavy atom. The molecule has 2 N–H and O–H groups in total. The monoisotopic (exact) mass is 231 g/mol. The van der Waals surface area contributed by atoms with Crippen LogP contribution in [0.2, 0.25) is 0 Å². The van der Waals surface area contributed by atoms with Crippen LogP contribution >= 0.6 is 0 Å². The average Bonchev–Trinajstić information content (AvgIpc) is 2.73. The maximum Gasteiger partial charge on any atom is 0.343 e. The molecule has 4 nitrogen and oxygen atoms in total. The Labute approximate surface area is 98.9 Å². The van der Waals surface area contributed by atoms with Crippen molar-refractivity contribution in [1.82, 2.24) is 4.98 Å². The molecular weight excluding hydrogens is 218 g/mol. The molecule has 0 spiro atoms. The molecule has 0 unspecified atom stereocenters. The Morgan fingerprint density at radius 1 is 1.35 bits per heavy atom. The molecule has 0 bridgehead atoms. The fraction of sp³-hybridized carbons (Fsp3) is 0.154. The molecule has 2 aromatic rings. The lowest BCUT2D eigenvalue weighted by Gasteiger charge is -1.97. The van der Waals surface area contributed by atoms with Crippen LogP contribution in [0, 0.1) is 0 Å². The van der Waals surface area contributed by atoms with E-state index in [2.05, 4.69) is 4.98 Å². The molecule has 0 aliphatic heterocycles. The number of hydrogen-bond donors (Lipinski definition) is 2. The third-order valence-electron chi connectivity index (χ3n) is 2.38. The first-order valence-corrected chi connectivity index (χ1v) is 5.37. The number of nitrogens with one attached hydrogen (secondary N) is 1. The second kappa shape index (κ2) is 4.74. The molecule has 0 atom stereocenters. The summed E-state index contributed by atoms with van der Waals surface area (Å²) in [5.74, 6) is -0.689. The zero-order valence-corrected chi connectivity index (χ0v) is 9.43. The van der Waals surface area contributed by atoms with Crippen LogP contribution in [-0.4, -0.2) is 22.7 Å². The van der Waals surface area contributed by atoms with Gasteiger partial charge in [0.1, 0.15) is 5.56 Å². The van der Waals surface area contributed by atoms with E-state index in [9.17, 15) is 9.90 Å². The molecular formula is C13H13NO3. The van der Waals surface area contributed by atoms with Crippen molar-refractivity contribution in [3.63, 3.8) is 0 Å². The third-order valence-corrected chi connectivity index (χ3v) is 2.38. The second-order valence-corrected chi connectivity index (χ2v) is 3.53. The van der Waals surface area contributed by atoms with E-state index in [1.807, 2.05) is 30.3 Å². The van der Waals surface area contributed by atoms with Crippen molar-refractivity contribution < 1.29 is 14.6 Å². The lowest BCUT2D eigenvalue weighted by Crippen LogP contribution is -2.03. The van der Waals surface area contributed by atoms with Gasteiger partial charge < -0.3 is 14.8 Å². The molecule has 0 saturated heterocycles. The van der Waals surface area contributed by atoms with Crippen LogP contribution in [0.15, 0.2) is 36.4 Å². The molecule has 1 aromatic carbocycles. The number of carbonyl (C=O) groups is 1. The van der Waals surface area contributed by atoms with Crippen LogP contribution in [0.4, 0.5) is 0 Å². The van der Waals surface area contributed by atoms with Crippen LogP contribution in [0.3, 0.4) is 0 Å². The molecule has 0 radical (unpaired) electrons. The molecule has 1 heterocycles. The highest BCUT2D eigenvalue weighted by Gasteiger charge is 2.16. The van der Waals surface area contributed by atoms with E-state index in [1.165, 1.54) is 0 Å². The first-order valence-electron chi connectivity index (χ1n) is 5.37. The molecule has 0 aliphatic rings. The van der Waals surface area contributed by atoms with Gasteiger partial charge in [-0.25, -0.2) is 4.79 Å². The minimum Gasteiger partial charge on any atom is -0.494 e. The van der Waals surface area contributed by atoms with Crippen molar-refractivity contribution in [3.05, 3.63) is 42.0 Å². The molecule has 88 valence electrons. The van der Waals surface area contributed by atoms with E-state index in [1.54, 1.807) is 13.0 Å². The summed E-state index contributed by atoms with van der Waals surface area (Å²) in [6.45, 7) is 2.00. The predicted molar refractivity (Wildman–Crippen MR) is 63.9 cm³/mol. The molecule has 0 saturated carbocycles. The van der Waals surface area contributed by atoms with Gasteiger partial charge in [0.15, 0.2) is 0 Å². The van der Waals surface area contributed by atoms with Crippen molar-refractivity contribution in [2.45, 2.75) is 6.92 Å². The van der Waals surface area contributed by atoms with Crippen molar-refractivity contribution in [1.29, 1.82) is 0 Å². The summed E-state index contributed by atoms with van der Waals surface area (Å²) in [6, 6.07) is 11.0. The number of hydrogen-bond acceptors (Lipinski definition) is 3. The SMILES string of the molecule is CCOC(=O)c1cc(-c2ccccc2)[nH]c1O. The van der Waals surface area contributed by atoms with Crippen molar-refractivity contribution >= 4 is 5.97 Å². The highest BCUT2D eigenvalue weighted by Crippen LogP contribution is 2.26. The zero-order chi connectivity index (χ0) is 12.3. The number of aromatic amines is 1. The van der Waals surface area contributed by atoms with Gasteiger partial charge >= 0.3 is 5.97 Å². The first-order chi connectivity index (χ1) is 8.22. The molecule has 0 fully saturated rings. The van der Waals surface area contributed by atoms with Gasteiger partial charge in [0.05, 0.1) is 6.61 Å². The quantitative estimate of drug-likeness (QED) is 0.798. The largest absolute Gasteiger partial charge is 0.494 e. The lowest BCUT2D eigenvalue weighted by molar-refractivity contribution is 0.0523. The normalized spacial score (nSPS) is 10.2. The number of aromatic nitrogens is 1. The zero-order valence-electron chi connectivity index (χ0n) is 9.43. The Bertz CT molecular complexity index is 517. The fourth-order valence-electron chi connectivity index (χ4n) is 1.58. The standard InChI is InChI=1S/C13H13NO3/c1-2-17-13(16)10-8-11(14-12(10)15)9-6-4-3-5-7-9/h3-8,14-15H,2H2,1H3. The van der Waals surface area contributed by atoms with E-state index >= 15 is 0 Å². The Hall–Kier alpha value is -2.23. The van der Waals surface area contributed by atoms with Gasteiger partial charge in [0.25, 0.3) is 0 Å². The fourth-order valence-corrected chi connectivity index (χ4v) is 1.58. The van der Waals surface area contributed by atoms with E-state index in [4.69, 9.17) is 4.74 Å². The minimum absolute atomic E-state index is 0.158. The van der Waals surface area contributed by atoms with Gasteiger partial charge in [-0.1, -0.05) is 30.3 Å². The van der Waals surface area contributed by atoms with E-state index in [0.29, 0.717) is 5.69 Å². The van der Waals surface area contributed by atoms with Crippen molar-refractivity contribution in [2.75, 3.05) is 6.61 Å². The summed E-state index contributed by atoms with van der Waals surface area (Å²) in [6.07, 6.45) is 0. The van der Waals surface area contributed by atoms with Gasteiger partial charge in [-0.05, 0) is 18.6 Å². The molecule has 0 aliphatic carbocycles. The maximum absolute atomic E-state index is 11.5. The number of ether oxygens (including phenoxy) is 1. The molecule has 2 rings (SSSR count). The summed E-state index contributed by atoms with van der Waals surface area (Å²) in [4.78, 5) is 14.3. The summed E-state index contributed by atoms with van der Waals surface area (Å²) in [5, 5.41) is 9.63. The lowest BCUT2D eigenvalue weighted by atomic mass is 10.1. The van der Waals surface area contributed by atoms with E-state index in [0.717, 1.165) is 5.56 Å². The minimum atomic E-state index is -0.525. The van der Waals surface area contributed by atoms with Gasteiger partial charge in [0.2, 0.25) is 5.88 Å². The molecule has 1 aromatic heterocycles. The van der Waals surface area contributed by atoms with Gasteiger partial charge in [-0.2, -0.15) is 0 Å². The van der Waals surface area contributed by atoms with Crippen LogP contribution < -0.4 is 0 Å². The number of benzene rings is 1. The van der Waals surface area contributed by atoms with E-state index < -0.39 is 5.97 Å². The van der Waals surface area contributed by atoms with Crippen LogP contribution in [0.1, 0.15) is 17.3 Å². The van der Waals surface area contributed by atoms with Crippen LogP contribution in [0.25, 0.3) is 11.3 Å². The highest BCUT2D eigenvalue weighted by molar-refractivity contribution is 5.93. The average molecular weight is 231 g/mol. The second-order valence-electron chi connectivity index (χ2n) is 3.53. The topological polar surface area (TPSA) is 62.3 Å². The summed E-state index contributed by atoms with van der Waals surface area (Å²) in [5.41, 5.74) is 1.75. The number of aromatic hydroxyl groups is 1. The Balaban J connectivity index is 2.34.